The molecule has 2 aromatic heterocycles. The van der Waals surface area contributed by atoms with E-state index in [2.05, 4.69) is 47.2 Å². The van der Waals surface area contributed by atoms with Crippen molar-refractivity contribution in [1.29, 1.82) is 0 Å². The molecule has 2 aromatic rings. The Morgan fingerprint density at radius 3 is 2.72 bits per heavy atom. The third kappa shape index (κ3) is 2.46. The van der Waals surface area contributed by atoms with Gasteiger partial charge in [0.2, 0.25) is 0 Å². The van der Waals surface area contributed by atoms with Crippen LogP contribution in [0.25, 0.3) is 0 Å². The third-order valence-electron chi connectivity index (χ3n) is 3.23. The van der Waals surface area contributed by atoms with Gasteiger partial charge in [-0.2, -0.15) is 10.2 Å². The maximum Gasteiger partial charge on any atom is 0.0693 e. The van der Waals surface area contributed by atoms with Crippen LogP contribution in [-0.2, 0) is 19.6 Å². The first-order chi connectivity index (χ1) is 8.65. The number of rotatable bonds is 5. The van der Waals surface area contributed by atoms with Crippen LogP contribution in [0.2, 0.25) is 0 Å². The Morgan fingerprint density at radius 2 is 2.11 bits per heavy atom. The Bertz CT molecular complexity index is 523. The molecule has 5 heteroatoms. The maximum atomic E-state index is 4.60. The van der Waals surface area contributed by atoms with Gasteiger partial charge in [-0.15, -0.1) is 0 Å². The van der Waals surface area contributed by atoms with Gasteiger partial charge < -0.3 is 5.32 Å². The lowest BCUT2D eigenvalue weighted by Gasteiger charge is -2.03. The monoisotopic (exact) mass is 247 g/mol. The number of nitrogens with zero attached hydrogens (tertiary/aromatic N) is 4. The van der Waals surface area contributed by atoms with Crippen molar-refractivity contribution in [2.24, 2.45) is 0 Å². The lowest BCUT2D eigenvalue weighted by Crippen LogP contribution is -2.08. The van der Waals surface area contributed by atoms with Gasteiger partial charge in [-0.25, -0.2) is 0 Å². The van der Waals surface area contributed by atoms with Crippen molar-refractivity contribution < 1.29 is 0 Å². The van der Waals surface area contributed by atoms with Crippen molar-refractivity contribution in [1.82, 2.24) is 24.9 Å². The number of aryl methyl sites for hydroxylation is 2. The standard InChI is InChI=1S/C13H21N5/c1-5-17-8-12(6-15-17)9-18-11(3)13(7-14-4)10(2)16-18/h6,8,14H,5,7,9H2,1-4H3. The summed E-state index contributed by atoms with van der Waals surface area (Å²) < 4.78 is 3.99. The molecule has 0 aromatic carbocycles. The van der Waals surface area contributed by atoms with Crippen molar-refractivity contribution >= 4 is 0 Å². The summed E-state index contributed by atoms with van der Waals surface area (Å²) in [6.07, 6.45) is 3.99. The van der Waals surface area contributed by atoms with Crippen LogP contribution in [0.1, 0.15) is 29.4 Å². The minimum atomic E-state index is 0.788. The maximum absolute atomic E-state index is 4.60. The molecule has 0 atom stereocenters. The SMILES string of the molecule is CCn1cc(Cn2nc(C)c(CNC)c2C)cn1. The highest BCUT2D eigenvalue weighted by atomic mass is 15.3. The quantitative estimate of drug-likeness (QED) is 0.870. The second kappa shape index (κ2) is 5.35. The van der Waals surface area contributed by atoms with E-state index in [4.69, 9.17) is 0 Å². The highest BCUT2D eigenvalue weighted by Gasteiger charge is 2.11. The highest BCUT2D eigenvalue weighted by molar-refractivity contribution is 5.25. The molecule has 0 aliphatic carbocycles. The van der Waals surface area contributed by atoms with E-state index in [1.165, 1.54) is 16.8 Å². The molecule has 2 rings (SSSR count). The molecule has 0 fully saturated rings. The first-order valence-electron chi connectivity index (χ1n) is 6.34. The average Bonchev–Trinajstić information content (AvgIpc) is 2.90. The molecule has 0 bridgehead atoms. The molecule has 1 N–H and O–H groups in total. The molecule has 0 aliphatic heterocycles. The summed E-state index contributed by atoms with van der Waals surface area (Å²) in [5, 5.41) is 12.1. The summed E-state index contributed by atoms with van der Waals surface area (Å²) in [6, 6.07) is 0. The zero-order valence-corrected chi connectivity index (χ0v) is 11.6. The van der Waals surface area contributed by atoms with Gasteiger partial charge in [0, 0.05) is 36.1 Å². The Kier molecular flexibility index (Phi) is 3.81. The smallest absolute Gasteiger partial charge is 0.0693 e. The molecule has 2 heterocycles. The average molecular weight is 247 g/mol. The van der Waals surface area contributed by atoms with Crippen LogP contribution in [0, 0.1) is 13.8 Å². The lowest BCUT2D eigenvalue weighted by molar-refractivity contribution is 0.646. The number of hydrogen-bond donors (Lipinski definition) is 1. The van der Waals surface area contributed by atoms with E-state index in [9.17, 15) is 0 Å². The number of hydrogen-bond acceptors (Lipinski definition) is 3. The van der Waals surface area contributed by atoms with Crippen LogP contribution in [-0.4, -0.2) is 26.6 Å². The van der Waals surface area contributed by atoms with Gasteiger partial charge in [0.1, 0.15) is 0 Å². The summed E-state index contributed by atoms with van der Waals surface area (Å²) in [5.74, 6) is 0. The fraction of sp³-hybridized carbons (Fsp3) is 0.538. The van der Waals surface area contributed by atoms with Crippen LogP contribution in [0.3, 0.4) is 0 Å². The van der Waals surface area contributed by atoms with Gasteiger partial charge in [0.15, 0.2) is 0 Å². The van der Waals surface area contributed by atoms with E-state index in [0.717, 1.165) is 25.3 Å². The highest BCUT2D eigenvalue weighted by Crippen LogP contribution is 2.14. The molecule has 18 heavy (non-hydrogen) atoms. The molecule has 98 valence electrons. The van der Waals surface area contributed by atoms with E-state index >= 15 is 0 Å². The van der Waals surface area contributed by atoms with Gasteiger partial charge in [-0.1, -0.05) is 0 Å². The largest absolute Gasteiger partial charge is 0.316 e. The van der Waals surface area contributed by atoms with Crippen molar-refractivity contribution in [3.05, 3.63) is 34.9 Å². The van der Waals surface area contributed by atoms with Crippen molar-refractivity contribution in [2.45, 2.75) is 40.4 Å². The summed E-state index contributed by atoms with van der Waals surface area (Å²) in [7, 11) is 1.96. The second-order valence-corrected chi connectivity index (χ2v) is 4.54. The topological polar surface area (TPSA) is 47.7 Å². The Balaban J connectivity index is 2.21. The fourth-order valence-electron chi connectivity index (χ4n) is 2.15. The van der Waals surface area contributed by atoms with Gasteiger partial charge in [0.05, 0.1) is 18.4 Å². The van der Waals surface area contributed by atoms with Crippen LogP contribution in [0.4, 0.5) is 0 Å². The normalized spacial score (nSPS) is 11.1. The van der Waals surface area contributed by atoms with Gasteiger partial charge in [-0.3, -0.25) is 9.36 Å². The zero-order valence-electron chi connectivity index (χ0n) is 11.6. The van der Waals surface area contributed by atoms with Crippen LogP contribution >= 0.6 is 0 Å². The number of aromatic nitrogens is 4. The molecule has 0 amide bonds. The lowest BCUT2D eigenvalue weighted by atomic mass is 10.2. The molecular weight excluding hydrogens is 226 g/mol. The van der Waals surface area contributed by atoms with Crippen LogP contribution in [0.15, 0.2) is 12.4 Å². The van der Waals surface area contributed by atoms with Crippen molar-refractivity contribution in [3.8, 4) is 0 Å². The first kappa shape index (κ1) is 12.8. The minimum absolute atomic E-state index is 0.788. The third-order valence-corrected chi connectivity index (χ3v) is 3.23. The summed E-state index contributed by atoms with van der Waals surface area (Å²) in [6.45, 7) is 8.83. The molecule has 5 nitrogen and oxygen atoms in total. The van der Waals surface area contributed by atoms with E-state index in [-0.39, 0.29) is 0 Å². The summed E-state index contributed by atoms with van der Waals surface area (Å²) in [4.78, 5) is 0. The molecule has 0 radical (unpaired) electrons. The summed E-state index contributed by atoms with van der Waals surface area (Å²) >= 11 is 0. The molecule has 0 aliphatic rings. The van der Waals surface area contributed by atoms with E-state index in [1.54, 1.807) is 0 Å². The fourth-order valence-corrected chi connectivity index (χ4v) is 2.15. The molecule has 0 spiro atoms. The van der Waals surface area contributed by atoms with E-state index in [0.29, 0.717) is 0 Å². The Labute approximate surface area is 108 Å². The molecule has 0 saturated heterocycles. The second-order valence-electron chi connectivity index (χ2n) is 4.54. The Morgan fingerprint density at radius 1 is 1.33 bits per heavy atom. The predicted molar refractivity (Wildman–Crippen MR) is 71.5 cm³/mol. The van der Waals surface area contributed by atoms with Crippen molar-refractivity contribution in [3.63, 3.8) is 0 Å². The van der Waals surface area contributed by atoms with Crippen molar-refractivity contribution in [2.75, 3.05) is 7.05 Å². The first-order valence-corrected chi connectivity index (χ1v) is 6.34. The minimum Gasteiger partial charge on any atom is -0.316 e. The zero-order chi connectivity index (χ0) is 13.1. The summed E-state index contributed by atoms with van der Waals surface area (Å²) in [5.41, 5.74) is 4.81. The van der Waals surface area contributed by atoms with Gasteiger partial charge >= 0.3 is 0 Å². The Hall–Kier alpha value is -1.62. The number of nitrogens with one attached hydrogen (secondary N) is 1. The predicted octanol–water partition coefficient (Wildman–Crippen LogP) is 1.48. The molecule has 0 saturated carbocycles. The van der Waals surface area contributed by atoms with E-state index in [1.807, 2.05) is 17.9 Å². The van der Waals surface area contributed by atoms with Crippen LogP contribution in [0.5, 0.6) is 0 Å². The molecule has 0 unspecified atom stereocenters. The van der Waals surface area contributed by atoms with Gasteiger partial charge in [-0.05, 0) is 27.8 Å². The molecular formula is C13H21N5. The van der Waals surface area contributed by atoms with Gasteiger partial charge in [0.25, 0.3) is 0 Å². The van der Waals surface area contributed by atoms with Crippen LogP contribution < -0.4 is 5.32 Å². The van der Waals surface area contributed by atoms with E-state index < -0.39 is 0 Å².